The van der Waals surface area contributed by atoms with Crippen molar-refractivity contribution < 1.29 is 27.1 Å². The lowest BCUT2D eigenvalue weighted by atomic mass is 10.0. The first-order valence-corrected chi connectivity index (χ1v) is 8.17. The van der Waals surface area contributed by atoms with Gasteiger partial charge in [0.05, 0.1) is 11.9 Å². The van der Waals surface area contributed by atoms with Gasteiger partial charge < -0.3 is 4.74 Å². The average Bonchev–Trinajstić information content (AvgIpc) is 2.98. The molecule has 10 heteroatoms. The summed E-state index contributed by atoms with van der Waals surface area (Å²) in [5.41, 5.74) is -0.481. The van der Waals surface area contributed by atoms with Gasteiger partial charge in [-0.1, -0.05) is 29.8 Å². The molecule has 0 aliphatic carbocycles. The summed E-state index contributed by atoms with van der Waals surface area (Å²) in [5.74, 6) is -1.28. The van der Waals surface area contributed by atoms with Crippen LogP contribution in [0.3, 0.4) is 0 Å². The van der Waals surface area contributed by atoms with Gasteiger partial charge in [-0.25, -0.2) is 9.18 Å². The van der Waals surface area contributed by atoms with Gasteiger partial charge in [-0.3, -0.25) is 10.00 Å². The highest BCUT2D eigenvalue weighted by Crippen LogP contribution is 2.36. The first-order chi connectivity index (χ1) is 13.1. The second kappa shape index (κ2) is 7.51. The Kier molecular flexibility index (Phi) is 5.28. The summed E-state index contributed by atoms with van der Waals surface area (Å²) in [7, 11) is 1.27. The Balaban J connectivity index is 1.88. The largest absolute Gasteiger partial charge is 0.438 e. The van der Waals surface area contributed by atoms with E-state index in [2.05, 4.69) is 10.4 Å². The van der Waals surface area contributed by atoms with E-state index in [-0.39, 0.29) is 10.7 Å². The summed E-state index contributed by atoms with van der Waals surface area (Å²) in [6.07, 6.45) is -5.03. The van der Waals surface area contributed by atoms with E-state index in [9.17, 15) is 22.4 Å². The Bertz CT molecular complexity index is 1030. The third-order valence-corrected chi connectivity index (χ3v) is 3.98. The number of benzene rings is 2. The lowest BCUT2D eigenvalue weighted by Crippen LogP contribution is -2.19. The molecule has 0 saturated heterocycles. The van der Waals surface area contributed by atoms with Crippen molar-refractivity contribution in [1.82, 2.24) is 9.78 Å². The maximum atomic E-state index is 13.6. The van der Waals surface area contributed by atoms with E-state index in [1.807, 2.05) is 0 Å². The van der Waals surface area contributed by atoms with Crippen LogP contribution in [0.15, 0.2) is 48.7 Å². The number of nitrogens with zero attached hydrogens (tertiary/aromatic N) is 2. The molecule has 0 bridgehead atoms. The van der Waals surface area contributed by atoms with Crippen LogP contribution in [0.2, 0.25) is 5.02 Å². The first kappa shape index (κ1) is 19.7. The minimum absolute atomic E-state index is 0.178. The number of amides is 1. The molecule has 1 aromatic heterocycles. The molecule has 0 radical (unpaired) electrons. The highest BCUT2D eigenvalue weighted by atomic mass is 35.5. The minimum Gasteiger partial charge on any atom is -0.406 e. The van der Waals surface area contributed by atoms with Gasteiger partial charge in [-0.15, -0.1) is 0 Å². The van der Waals surface area contributed by atoms with Gasteiger partial charge >= 0.3 is 12.3 Å². The predicted octanol–water partition coefficient (Wildman–Crippen LogP) is 5.51. The van der Waals surface area contributed by atoms with Gasteiger partial charge in [0, 0.05) is 23.2 Å². The molecule has 0 aliphatic rings. The Labute approximate surface area is 161 Å². The third kappa shape index (κ3) is 4.25. The highest BCUT2D eigenvalue weighted by Gasteiger charge is 2.38. The topological polar surface area (TPSA) is 56.1 Å². The molecule has 0 aliphatic heterocycles. The number of anilines is 1. The molecule has 0 spiro atoms. The number of halogens is 5. The van der Waals surface area contributed by atoms with E-state index in [0.29, 0.717) is 11.1 Å². The van der Waals surface area contributed by atoms with Crippen molar-refractivity contribution in [3.8, 4) is 16.9 Å². The number of hydrogen-bond acceptors (Lipinski definition) is 3. The van der Waals surface area contributed by atoms with Crippen molar-refractivity contribution in [2.45, 2.75) is 6.18 Å². The predicted molar refractivity (Wildman–Crippen MR) is 94.7 cm³/mol. The van der Waals surface area contributed by atoms with Crippen LogP contribution >= 0.6 is 11.6 Å². The molecular weight excluding hydrogens is 402 g/mol. The SMILES string of the molecule is Cn1cc(OC(=O)Nc2ccccc2-c2cc(F)ccc2Cl)c(C(F)(F)F)n1. The van der Waals surface area contributed by atoms with Crippen molar-refractivity contribution in [3.63, 3.8) is 0 Å². The smallest absolute Gasteiger partial charge is 0.406 e. The molecule has 2 aromatic carbocycles. The van der Waals surface area contributed by atoms with Crippen LogP contribution in [0.4, 0.5) is 28.0 Å². The molecular formula is C18H12ClF4N3O2. The highest BCUT2D eigenvalue weighted by molar-refractivity contribution is 6.33. The molecule has 0 atom stereocenters. The zero-order valence-electron chi connectivity index (χ0n) is 14.2. The molecule has 0 saturated carbocycles. The van der Waals surface area contributed by atoms with Crippen molar-refractivity contribution in [1.29, 1.82) is 0 Å². The molecule has 3 rings (SSSR count). The van der Waals surface area contributed by atoms with Gasteiger partial charge in [0.25, 0.3) is 0 Å². The fourth-order valence-electron chi connectivity index (χ4n) is 2.50. The zero-order valence-corrected chi connectivity index (χ0v) is 15.0. The number of rotatable bonds is 3. The molecule has 28 heavy (non-hydrogen) atoms. The van der Waals surface area contributed by atoms with E-state index in [1.54, 1.807) is 18.2 Å². The molecule has 0 unspecified atom stereocenters. The van der Waals surface area contributed by atoms with Crippen molar-refractivity contribution in [2.24, 2.45) is 7.05 Å². The van der Waals surface area contributed by atoms with Crippen LogP contribution in [0.5, 0.6) is 5.75 Å². The third-order valence-electron chi connectivity index (χ3n) is 3.65. The molecule has 5 nitrogen and oxygen atoms in total. The fraction of sp³-hybridized carbons (Fsp3) is 0.111. The zero-order chi connectivity index (χ0) is 20.5. The summed E-state index contributed by atoms with van der Waals surface area (Å²) in [6.45, 7) is 0. The Morgan fingerprint density at radius 1 is 1.18 bits per heavy atom. The van der Waals surface area contributed by atoms with Crippen molar-refractivity contribution in [3.05, 3.63) is 65.2 Å². The van der Waals surface area contributed by atoms with Gasteiger partial charge in [0.2, 0.25) is 5.69 Å². The number of para-hydroxylation sites is 1. The number of carbonyl (C=O) groups is 1. The van der Waals surface area contributed by atoms with Crippen LogP contribution in [0.25, 0.3) is 11.1 Å². The Hall–Kier alpha value is -3.07. The van der Waals surface area contributed by atoms with E-state index in [1.165, 1.54) is 31.3 Å². The molecule has 0 fully saturated rings. The summed E-state index contributed by atoms with van der Waals surface area (Å²) in [4.78, 5) is 12.2. The van der Waals surface area contributed by atoms with Crippen LogP contribution < -0.4 is 10.1 Å². The van der Waals surface area contributed by atoms with Gasteiger partial charge in [0.15, 0.2) is 5.75 Å². The van der Waals surface area contributed by atoms with E-state index in [0.717, 1.165) is 10.9 Å². The molecule has 1 N–H and O–H groups in total. The van der Waals surface area contributed by atoms with Crippen LogP contribution in [-0.2, 0) is 13.2 Å². The van der Waals surface area contributed by atoms with Gasteiger partial charge in [-0.05, 0) is 24.3 Å². The van der Waals surface area contributed by atoms with E-state index in [4.69, 9.17) is 16.3 Å². The second-order valence-electron chi connectivity index (χ2n) is 5.70. The number of alkyl halides is 3. The van der Waals surface area contributed by atoms with Crippen LogP contribution in [0.1, 0.15) is 5.69 Å². The summed E-state index contributed by atoms with van der Waals surface area (Å²) < 4.78 is 58.2. The van der Waals surface area contributed by atoms with Crippen molar-refractivity contribution in [2.75, 3.05) is 5.32 Å². The molecule has 1 heterocycles. The quantitative estimate of drug-likeness (QED) is 0.576. The summed E-state index contributed by atoms with van der Waals surface area (Å²) in [6, 6.07) is 9.97. The second-order valence-corrected chi connectivity index (χ2v) is 6.10. The average molecular weight is 414 g/mol. The number of ether oxygens (including phenoxy) is 1. The summed E-state index contributed by atoms with van der Waals surface area (Å²) in [5, 5.41) is 5.83. The van der Waals surface area contributed by atoms with E-state index >= 15 is 0 Å². The Morgan fingerprint density at radius 3 is 2.61 bits per heavy atom. The number of hydrogen-bond donors (Lipinski definition) is 1. The van der Waals surface area contributed by atoms with Crippen molar-refractivity contribution >= 4 is 23.4 Å². The number of nitrogens with one attached hydrogen (secondary N) is 1. The maximum absolute atomic E-state index is 13.6. The lowest BCUT2D eigenvalue weighted by Gasteiger charge is -2.13. The first-order valence-electron chi connectivity index (χ1n) is 7.79. The standard InChI is InChI=1S/C18H12ClF4N3O2/c1-26-9-15(16(25-26)18(21,22)23)28-17(27)24-14-5-3-2-4-11(14)12-8-10(20)6-7-13(12)19/h2-9H,1H3,(H,24,27). The van der Waals surface area contributed by atoms with Gasteiger partial charge in [-0.2, -0.15) is 18.3 Å². The number of aromatic nitrogens is 2. The number of carbonyl (C=O) groups excluding carboxylic acids is 1. The number of aryl methyl sites for hydroxylation is 1. The molecule has 1 amide bonds. The summed E-state index contributed by atoms with van der Waals surface area (Å²) >= 11 is 6.10. The Morgan fingerprint density at radius 2 is 1.89 bits per heavy atom. The maximum Gasteiger partial charge on any atom is 0.438 e. The molecule has 3 aromatic rings. The normalized spacial score (nSPS) is 11.4. The van der Waals surface area contributed by atoms with Gasteiger partial charge in [0.1, 0.15) is 5.82 Å². The fourth-order valence-corrected chi connectivity index (χ4v) is 2.72. The van der Waals surface area contributed by atoms with E-state index < -0.39 is 29.5 Å². The molecule has 146 valence electrons. The minimum atomic E-state index is -4.79. The van der Waals surface area contributed by atoms with Crippen LogP contribution in [-0.4, -0.2) is 15.9 Å². The lowest BCUT2D eigenvalue weighted by molar-refractivity contribution is -0.142. The monoisotopic (exact) mass is 413 g/mol. The van der Waals surface area contributed by atoms with Crippen LogP contribution in [0, 0.1) is 5.82 Å².